The minimum Gasteiger partial charge on any atom is -0.357 e. The van der Waals surface area contributed by atoms with Crippen LogP contribution in [0.3, 0.4) is 0 Å². The number of halogens is 1. The van der Waals surface area contributed by atoms with Gasteiger partial charge >= 0.3 is 0 Å². The molecule has 0 unspecified atom stereocenters. The summed E-state index contributed by atoms with van der Waals surface area (Å²) < 4.78 is 23.4. The van der Waals surface area contributed by atoms with Gasteiger partial charge in [0.1, 0.15) is 0 Å². The molecule has 0 aromatic heterocycles. The summed E-state index contributed by atoms with van der Waals surface area (Å²) in [7, 11) is -3.20. The highest BCUT2D eigenvalue weighted by Crippen LogP contribution is 2.17. The minimum absolute atomic E-state index is 0.363. The fourth-order valence-electron chi connectivity index (χ4n) is 2.76. The van der Waals surface area contributed by atoms with Crippen molar-refractivity contribution in [2.24, 2.45) is 4.99 Å². The quantitative estimate of drug-likeness (QED) is 0.545. The van der Waals surface area contributed by atoms with Gasteiger partial charge in [0.15, 0.2) is 15.8 Å². The highest BCUT2D eigenvalue weighted by atomic mass is 35.5. The lowest BCUT2D eigenvalue weighted by Crippen LogP contribution is -2.38. The van der Waals surface area contributed by atoms with Gasteiger partial charge in [0, 0.05) is 24.4 Å². The fourth-order valence-corrected chi connectivity index (χ4v) is 3.93. The van der Waals surface area contributed by atoms with E-state index in [1.54, 1.807) is 13.0 Å². The van der Waals surface area contributed by atoms with E-state index in [2.05, 4.69) is 15.6 Å². The molecule has 0 saturated heterocycles. The van der Waals surface area contributed by atoms with Crippen LogP contribution in [-0.4, -0.2) is 33.7 Å². The molecule has 0 saturated carbocycles. The number of aryl methyl sites for hydroxylation is 1. The van der Waals surface area contributed by atoms with Gasteiger partial charge in [0.2, 0.25) is 0 Å². The van der Waals surface area contributed by atoms with Crippen LogP contribution in [0.15, 0.2) is 52.4 Å². The zero-order chi connectivity index (χ0) is 19.9. The molecule has 0 aliphatic heterocycles. The Morgan fingerprint density at radius 3 is 2.52 bits per heavy atom. The molecule has 0 amide bonds. The Morgan fingerprint density at radius 1 is 1.11 bits per heavy atom. The molecule has 0 aliphatic carbocycles. The van der Waals surface area contributed by atoms with E-state index in [-0.39, 0.29) is 0 Å². The maximum Gasteiger partial charge on any atom is 0.191 e. The van der Waals surface area contributed by atoms with Crippen LogP contribution in [0.1, 0.15) is 23.6 Å². The lowest BCUT2D eigenvalue weighted by atomic mass is 10.1. The average Bonchev–Trinajstić information content (AvgIpc) is 2.58. The molecule has 5 nitrogen and oxygen atoms in total. The number of benzene rings is 2. The van der Waals surface area contributed by atoms with Crippen molar-refractivity contribution in [3.8, 4) is 0 Å². The van der Waals surface area contributed by atoms with Crippen molar-refractivity contribution in [2.75, 3.05) is 19.3 Å². The number of sulfone groups is 1. The molecule has 0 heterocycles. The van der Waals surface area contributed by atoms with Crippen LogP contribution in [0, 0.1) is 6.92 Å². The van der Waals surface area contributed by atoms with E-state index >= 15 is 0 Å². The first-order chi connectivity index (χ1) is 12.8. The first kappa shape index (κ1) is 21.3. The van der Waals surface area contributed by atoms with Crippen LogP contribution < -0.4 is 10.6 Å². The molecule has 0 radical (unpaired) electrons. The normalized spacial score (nSPS) is 12.1. The summed E-state index contributed by atoms with van der Waals surface area (Å²) in [5, 5.41) is 7.26. The first-order valence-corrected chi connectivity index (χ1v) is 11.1. The van der Waals surface area contributed by atoms with Crippen LogP contribution in [0.4, 0.5) is 0 Å². The van der Waals surface area contributed by atoms with E-state index in [9.17, 15) is 8.42 Å². The molecule has 2 rings (SSSR count). The molecule has 27 heavy (non-hydrogen) atoms. The smallest absolute Gasteiger partial charge is 0.191 e. The summed E-state index contributed by atoms with van der Waals surface area (Å²) >= 11 is 6.01. The molecule has 0 spiro atoms. The summed E-state index contributed by atoms with van der Waals surface area (Å²) in [4.78, 5) is 4.95. The molecule has 0 atom stereocenters. The zero-order valence-electron chi connectivity index (χ0n) is 15.9. The topological polar surface area (TPSA) is 70.6 Å². The Hall–Kier alpha value is -2.05. The second kappa shape index (κ2) is 9.76. The third kappa shape index (κ3) is 6.88. The van der Waals surface area contributed by atoms with Crippen molar-refractivity contribution < 1.29 is 8.42 Å². The number of aliphatic imine (C=N–C) groups is 1. The molecule has 2 aromatic rings. The van der Waals surface area contributed by atoms with Gasteiger partial charge in [0.25, 0.3) is 0 Å². The molecule has 0 aliphatic rings. The second-order valence-corrected chi connectivity index (χ2v) is 8.79. The van der Waals surface area contributed by atoms with Crippen molar-refractivity contribution in [3.63, 3.8) is 0 Å². The molecule has 146 valence electrons. The van der Waals surface area contributed by atoms with Crippen LogP contribution in [0.2, 0.25) is 5.02 Å². The number of nitrogens with one attached hydrogen (secondary N) is 2. The molecule has 2 N–H and O–H groups in total. The van der Waals surface area contributed by atoms with Gasteiger partial charge in [-0.1, -0.05) is 35.9 Å². The Labute approximate surface area is 166 Å². The third-order valence-corrected chi connectivity index (χ3v) is 5.49. The van der Waals surface area contributed by atoms with Gasteiger partial charge in [-0.15, -0.1) is 0 Å². The van der Waals surface area contributed by atoms with Gasteiger partial charge in [-0.3, -0.25) is 0 Å². The number of nitrogens with zero attached hydrogens (tertiary/aromatic N) is 1. The van der Waals surface area contributed by atoms with E-state index < -0.39 is 9.84 Å². The minimum atomic E-state index is -3.20. The molecule has 2 aromatic carbocycles. The zero-order valence-corrected chi connectivity index (χ0v) is 17.5. The summed E-state index contributed by atoms with van der Waals surface area (Å²) in [5.41, 5.74) is 2.87. The first-order valence-electron chi connectivity index (χ1n) is 8.86. The van der Waals surface area contributed by atoms with Crippen molar-refractivity contribution in [3.05, 3.63) is 64.2 Å². The predicted molar refractivity (Wildman–Crippen MR) is 112 cm³/mol. The molecule has 7 heteroatoms. The predicted octanol–water partition coefficient (Wildman–Crippen LogP) is 3.35. The highest BCUT2D eigenvalue weighted by molar-refractivity contribution is 7.90. The maximum absolute atomic E-state index is 11.7. The number of hydrogen-bond donors (Lipinski definition) is 2. The van der Waals surface area contributed by atoms with E-state index in [0.29, 0.717) is 11.4 Å². The van der Waals surface area contributed by atoms with Gasteiger partial charge in [0.05, 0.1) is 11.4 Å². The van der Waals surface area contributed by atoms with Crippen molar-refractivity contribution >= 4 is 27.4 Å². The molecule has 0 fully saturated rings. The largest absolute Gasteiger partial charge is 0.357 e. The molecular formula is C20H26ClN3O2S. The van der Waals surface area contributed by atoms with Crippen LogP contribution in [0.5, 0.6) is 0 Å². The fraction of sp³-hybridized carbons (Fsp3) is 0.350. The van der Waals surface area contributed by atoms with E-state index in [4.69, 9.17) is 11.6 Å². The summed E-state index contributed by atoms with van der Waals surface area (Å²) in [6.45, 7) is 5.78. The van der Waals surface area contributed by atoms with Crippen LogP contribution in [0.25, 0.3) is 0 Å². The van der Waals surface area contributed by atoms with E-state index in [1.807, 2.05) is 43.3 Å². The maximum atomic E-state index is 11.7. The Kier molecular flexibility index (Phi) is 7.68. The Bertz CT molecular complexity index is 911. The van der Waals surface area contributed by atoms with Crippen LogP contribution >= 0.6 is 11.6 Å². The standard InChI is InChI=1S/C20H26ClN3O2S/c1-4-22-20(23-11-10-16-6-5-7-18(21)13-16)24-14-17-8-9-19(15(2)12-17)27(3,25)26/h5-9,12-13H,4,10-11,14H2,1-3H3,(H2,22,23,24). The van der Waals surface area contributed by atoms with Gasteiger partial charge in [-0.05, 0) is 55.2 Å². The third-order valence-electron chi connectivity index (χ3n) is 4.00. The van der Waals surface area contributed by atoms with Gasteiger partial charge in [-0.2, -0.15) is 0 Å². The molecule has 0 bridgehead atoms. The van der Waals surface area contributed by atoms with Crippen LogP contribution in [-0.2, 0) is 22.8 Å². The second-order valence-electron chi connectivity index (χ2n) is 6.37. The monoisotopic (exact) mass is 407 g/mol. The average molecular weight is 408 g/mol. The van der Waals surface area contributed by atoms with Crippen molar-refractivity contribution in [2.45, 2.75) is 31.7 Å². The number of guanidine groups is 1. The number of rotatable bonds is 7. The summed E-state index contributed by atoms with van der Waals surface area (Å²) in [5.74, 6) is 0.726. The van der Waals surface area contributed by atoms with Crippen molar-refractivity contribution in [1.82, 2.24) is 10.6 Å². The Balaban J connectivity index is 1.99. The summed E-state index contributed by atoms with van der Waals surface area (Å²) in [6, 6.07) is 13.1. The van der Waals surface area contributed by atoms with Gasteiger partial charge < -0.3 is 10.6 Å². The van der Waals surface area contributed by atoms with E-state index in [1.165, 1.54) is 6.26 Å². The summed E-state index contributed by atoms with van der Waals surface area (Å²) in [6.07, 6.45) is 2.06. The van der Waals surface area contributed by atoms with Gasteiger partial charge in [-0.25, -0.2) is 13.4 Å². The SMILES string of the molecule is CCNC(=NCc1ccc(S(C)(=O)=O)c(C)c1)NCCc1cccc(Cl)c1. The lowest BCUT2D eigenvalue weighted by Gasteiger charge is -2.12. The van der Waals surface area contributed by atoms with E-state index in [0.717, 1.165) is 47.2 Å². The lowest BCUT2D eigenvalue weighted by molar-refractivity contribution is 0.601. The number of hydrogen-bond acceptors (Lipinski definition) is 3. The highest BCUT2D eigenvalue weighted by Gasteiger charge is 2.10. The van der Waals surface area contributed by atoms with Crippen molar-refractivity contribution in [1.29, 1.82) is 0 Å². The molecular weight excluding hydrogens is 382 g/mol. The Morgan fingerprint density at radius 2 is 1.89 bits per heavy atom.